The average molecular weight is 129 g/mol. The van der Waals surface area contributed by atoms with Crippen LogP contribution >= 0.6 is 0 Å². The van der Waals surface area contributed by atoms with Gasteiger partial charge in [-0.05, 0) is 19.9 Å². The summed E-state index contributed by atoms with van der Waals surface area (Å²) in [5, 5.41) is 0. The molecular weight excluding hydrogens is 114 g/mol. The third-order valence-electron chi connectivity index (χ3n) is 1.84. The summed E-state index contributed by atoms with van der Waals surface area (Å²) in [5.41, 5.74) is 0. The summed E-state index contributed by atoms with van der Waals surface area (Å²) in [6.07, 6.45) is 0.321. The fourth-order valence-corrected chi connectivity index (χ4v) is 1.12. The van der Waals surface area contributed by atoms with Gasteiger partial charge in [0.05, 0.1) is 6.61 Å². The van der Waals surface area contributed by atoms with Gasteiger partial charge in [0, 0.05) is 6.54 Å². The van der Waals surface area contributed by atoms with Crippen molar-refractivity contribution in [3.8, 4) is 0 Å². The summed E-state index contributed by atoms with van der Waals surface area (Å²) < 4.78 is 5.43. The molecule has 1 aliphatic heterocycles. The summed E-state index contributed by atoms with van der Waals surface area (Å²) in [7, 11) is 2.10. The van der Waals surface area contributed by atoms with Crippen molar-refractivity contribution in [1.82, 2.24) is 4.90 Å². The van der Waals surface area contributed by atoms with E-state index in [9.17, 15) is 0 Å². The average Bonchev–Trinajstić information content (AvgIpc) is 1.80. The van der Waals surface area contributed by atoms with E-state index in [1.165, 1.54) is 6.54 Å². The molecule has 0 aromatic heterocycles. The van der Waals surface area contributed by atoms with E-state index >= 15 is 0 Å². The molecule has 9 heavy (non-hydrogen) atoms. The second kappa shape index (κ2) is 2.67. The van der Waals surface area contributed by atoms with Crippen LogP contribution in [-0.4, -0.2) is 31.3 Å². The van der Waals surface area contributed by atoms with Crippen molar-refractivity contribution >= 4 is 0 Å². The molecule has 54 valence electrons. The molecule has 0 amide bonds. The zero-order valence-electron chi connectivity index (χ0n) is 6.42. The molecule has 0 saturated carbocycles. The standard InChI is InChI=1S/C7H15NO/c1-6-4-8(3)7(2)9-5-6/h6-7H,4-5H2,1-3H3/t6-,7-/m0/s1. The maximum atomic E-state index is 5.43. The summed E-state index contributed by atoms with van der Waals surface area (Å²) in [6, 6.07) is 0. The largest absolute Gasteiger partial charge is 0.363 e. The second-order valence-electron chi connectivity index (χ2n) is 2.98. The first kappa shape index (κ1) is 7.03. The molecule has 0 aromatic carbocycles. The molecule has 0 aromatic rings. The van der Waals surface area contributed by atoms with Gasteiger partial charge in [0.25, 0.3) is 0 Å². The minimum Gasteiger partial charge on any atom is -0.363 e. The van der Waals surface area contributed by atoms with Gasteiger partial charge in [-0.15, -0.1) is 0 Å². The molecule has 1 fully saturated rings. The van der Waals surface area contributed by atoms with Crippen molar-refractivity contribution in [3.63, 3.8) is 0 Å². The van der Waals surface area contributed by atoms with Gasteiger partial charge < -0.3 is 4.74 Å². The Kier molecular flexibility index (Phi) is 2.09. The van der Waals surface area contributed by atoms with Crippen LogP contribution in [0.2, 0.25) is 0 Å². The first-order valence-corrected chi connectivity index (χ1v) is 3.52. The molecule has 0 unspecified atom stereocenters. The molecule has 0 spiro atoms. The molecule has 1 aliphatic rings. The van der Waals surface area contributed by atoms with Crippen LogP contribution < -0.4 is 0 Å². The highest BCUT2D eigenvalue weighted by atomic mass is 16.5. The molecule has 1 heterocycles. The highest BCUT2D eigenvalue weighted by Gasteiger charge is 2.18. The first-order valence-electron chi connectivity index (χ1n) is 3.52. The Hall–Kier alpha value is -0.0800. The van der Waals surface area contributed by atoms with Crippen molar-refractivity contribution < 1.29 is 4.74 Å². The van der Waals surface area contributed by atoms with Gasteiger partial charge in [0.15, 0.2) is 0 Å². The zero-order valence-corrected chi connectivity index (χ0v) is 6.42. The van der Waals surface area contributed by atoms with Crippen LogP contribution in [0.15, 0.2) is 0 Å². The van der Waals surface area contributed by atoms with Crippen molar-refractivity contribution in [2.24, 2.45) is 5.92 Å². The molecule has 0 aliphatic carbocycles. The summed E-state index contributed by atoms with van der Waals surface area (Å²) >= 11 is 0. The van der Waals surface area contributed by atoms with Gasteiger partial charge in [-0.1, -0.05) is 6.92 Å². The van der Waals surface area contributed by atoms with Gasteiger partial charge >= 0.3 is 0 Å². The number of ether oxygens (including phenoxy) is 1. The number of hydrogen-bond acceptors (Lipinski definition) is 2. The third kappa shape index (κ3) is 1.66. The van der Waals surface area contributed by atoms with Crippen molar-refractivity contribution in [3.05, 3.63) is 0 Å². The second-order valence-corrected chi connectivity index (χ2v) is 2.98. The van der Waals surface area contributed by atoms with Gasteiger partial charge in [-0.2, -0.15) is 0 Å². The Balaban J connectivity index is 2.35. The Bertz CT molecular complexity index is 94.9. The van der Waals surface area contributed by atoms with Gasteiger partial charge in [0.2, 0.25) is 0 Å². The van der Waals surface area contributed by atoms with Gasteiger partial charge in [-0.3, -0.25) is 4.90 Å². The lowest BCUT2D eigenvalue weighted by Gasteiger charge is -2.33. The monoisotopic (exact) mass is 129 g/mol. The molecule has 1 rings (SSSR count). The number of hydrogen-bond donors (Lipinski definition) is 0. The summed E-state index contributed by atoms with van der Waals surface area (Å²) in [5.74, 6) is 0.700. The van der Waals surface area contributed by atoms with Crippen LogP contribution in [0.5, 0.6) is 0 Å². The van der Waals surface area contributed by atoms with Gasteiger partial charge in [-0.25, -0.2) is 0 Å². The smallest absolute Gasteiger partial charge is 0.107 e. The summed E-state index contributed by atoms with van der Waals surface area (Å²) in [4.78, 5) is 2.23. The van der Waals surface area contributed by atoms with Crippen molar-refractivity contribution in [2.75, 3.05) is 20.2 Å². The van der Waals surface area contributed by atoms with Crippen molar-refractivity contribution in [2.45, 2.75) is 20.1 Å². The van der Waals surface area contributed by atoms with E-state index in [1.54, 1.807) is 0 Å². The van der Waals surface area contributed by atoms with E-state index in [0.29, 0.717) is 12.1 Å². The third-order valence-corrected chi connectivity index (χ3v) is 1.84. The highest BCUT2D eigenvalue weighted by Crippen LogP contribution is 2.11. The van der Waals surface area contributed by atoms with E-state index in [4.69, 9.17) is 4.74 Å². The Morgan fingerprint density at radius 3 is 2.56 bits per heavy atom. The fraction of sp³-hybridized carbons (Fsp3) is 1.00. The molecule has 2 nitrogen and oxygen atoms in total. The van der Waals surface area contributed by atoms with Crippen molar-refractivity contribution in [1.29, 1.82) is 0 Å². The van der Waals surface area contributed by atoms with Crippen LogP contribution in [0.1, 0.15) is 13.8 Å². The lowest BCUT2D eigenvalue weighted by molar-refractivity contribution is -0.0937. The van der Waals surface area contributed by atoms with E-state index in [0.717, 1.165) is 6.61 Å². The molecule has 1 saturated heterocycles. The lowest BCUT2D eigenvalue weighted by atomic mass is 10.1. The fourth-order valence-electron chi connectivity index (χ4n) is 1.12. The summed E-state index contributed by atoms with van der Waals surface area (Å²) in [6.45, 7) is 6.39. The predicted molar refractivity (Wildman–Crippen MR) is 37.2 cm³/mol. The lowest BCUT2D eigenvalue weighted by Crippen LogP contribution is -2.41. The van der Waals surface area contributed by atoms with E-state index in [-0.39, 0.29) is 0 Å². The van der Waals surface area contributed by atoms with E-state index in [2.05, 4.69) is 25.8 Å². The first-order chi connectivity index (χ1) is 4.20. The molecule has 2 heteroatoms. The quantitative estimate of drug-likeness (QED) is 0.482. The number of nitrogens with zero attached hydrogens (tertiary/aromatic N) is 1. The van der Waals surface area contributed by atoms with E-state index in [1.807, 2.05) is 0 Å². The maximum absolute atomic E-state index is 5.43. The Morgan fingerprint density at radius 2 is 2.11 bits per heavy atom. The predicted octanol–water partition coefficient (Wildman–Crippen LogP) is 0.930. The number of rotatable bonds is 0. The minimum absolute atomic E-state index is 0.321. The molecule has 2 atom stereocenters. The Labute approximate surface area is 56.8 Å². The van der Waals surface area contributed by atoms with Crippen LogP contribution in [0.4, 0.5) is 0 Å². The normalized spacial score (nSPS) is 39.0. The zero-order chi connectivity index (χ0) is 6.85. The van der Waals surface area contributed by atoms with Crippen LogP contribution in [-0.2, 0) is 4.74 Å². The van der Waals surface area contributed by atoms with Crippen LogP contribution in [0.3, 0.4) is 0 Å². The minimum atomic E-state index is 0.321. The van der Waals surface area contributed by atoms with Crippen LogP contribution in [0.25, 0.3) is 0 Å². The highest BCUT2D eigenvalue weighted by molar-refractivity contribution is 4.65. The molecule has 0 radical (unpaired) electrons. The van der Waals surface area contributed by atoms with Gasteiger partial charge in [0.1, 0.15) is 6.23 Å². The molecule has 0 N–H and O–H groups in total. The molecular formula is C7H15NO. The SMILES string of the molecule is C[C@@H]1CO[C@@H](C)N(C)C1. The van der Waals surface area contributed by atoms with Crippen LogP contribution in [0, 0.1) is 5.92 Å². The topological polar surface area (TPSA) is 12.5 Å². The van der Waals surface area contributed by atoms with E-state index < -0.39 is 0 Å². The maximum Gasteiger partial charge on any atom is 0.107 e. The molecule has 0 bridgehead atoms. The Morgan fingerprint density at radius 1 is 1.44 bits per heavy atom.